The van der Waals surface area contributed by atoms with Gasteiger partial charge in [-0.1, -0.05) is 12.1 Å². The van der Waals surface area contributed by atoms with Gasteiger partial charge in [0.25, 0.3) is 0 Å². The summed E-state index contributed by atoms with van der Waals surface area (Å²) in [5, 5.41) is 11.4. The first kappa shape index (κ1) is 14.8. The fraction of sp³-hybridized carbons (Fsp3) is 0.300. The standard InChI is InChI=1S/C10H14BrN3O3S/c1-2-5-18(16,17)14-9-4-3-7(6-8(9)11)10(12)13-15/h3-4,6,14-15H,2,5H2,1H3,(H2,12,13). The van der Waals surface area contributed by atoms with Crippen molar-refractivity contribution in [3.8, 4) is 0 Å². The highest BCUT2D eigenvalue weighted by molar-refractivity contribution is 9.10. The summed E-state index contributed by atoms with van der Waals surface area (Å²) in [5.41, 5.74) is 6.33. The van der Waals surface area contributed by atoms with Gasteiger partial charge in [0.05, 0.1) is 11.4 Å². The van der Waals surface area contributed by atoms with Crippen LogP contribution in [0.2, 0.25) is 0 Å². The lowest BCUT2D eigenvalue weighted by atomic mass is 10.2. The maximum Gasteiger partial charge on any atom is 0.232 e. The minimum absolute atomic E-state index is 0.0429. The Kier molecular flexibility index (Phi) is 4.97. The summed E-state index contributed by atoms with van der Waals surface area (Å²) in [5.74, 6) is 0.0141. The number of nitrogens with two attached hydrogens (primary N) is 1. The number of oxime groups is 1. The molecule has 1 aromatic carbocycles. The van der Waals surface area contributed by atoms with E-state index in [1.807, 2.05) is 0 Å². The Labute approximate surface area is 114 Å². The molecule has 0 aliphatic heterocycles. The first-order valence-corrected chi connectivity index (χ1v) is 7.62. The number of hydrogen-bond acceptors (Lipinski definition) is 4. The van der Waals surface area contributed by atoms with Crippen LogP contribution in [0.15, 0.2) is 27.8 Å². The molecule has 0 aliphatic carbocycles. The molecule has 0 spiro atoms. The first-order valence-electron chi connectivity index (χ1n) is 5.17. The Bertz CT molecular complexity index is 557. The van der Waals surface area contributed by atoms with E-state index in [0.717, 1.165) is 0 Å². The van der Waals surface area contributed by atoms with Crippen molar-refractivity contribution in [2.24, 2.45) is 10.9 Å². The van der Waals surface area contributed by atoms with Gasteiger partial charge in [-0.05, 0) is 40.5 Å². The van der Waals surface area contributed by atoms with Gasteiger partial charge in [-0.2, -0.15) is 0 Å². The SMILES string of the molecule is CCCS(=O)(=O)Nc1ccc(/C(N)=N/O)cc1Br. The summed E-state index contributed by atoms with van der Waals surface area (Å²) in [6.07, 6.45) is 0.537. The third kappa shape index (κ3) is 3.88. The number of halogens is 1. The summed E-state index contributed by atoms with van der Waals surface area (Å²) in [4.78, 5) is 0. The lowest BCUT2D eigenvalue weighted by Crippen LogP contribution is -2.17. The van der Waals surface area contributed by atoms with Gasteiger partial charge in [0.2, 0.25) is 10.0 Å². The molecule has 0 bridgehead atoms. The monoisotopic (exact) mass is 335 g/mol. The molecule has 18 heavy (non-hydrogen) atoms. The Morgan fingerprint density at radius 2 is 2.22 bits per heavy atom. The molecule has 0 atom stereocenters. The Morgan fingerprint density at radius 1 is 1.56 bits per heavy atom. The van der Waals surface area contributed by atoms with Crippen LogP contribution < -0.4 is 10.5 Å². The predicted molar refractivity (Wildman–Crippen MR) is 74.4 cm³/mol. The van der Waals surface area contributed by atoms with Crippen molar-refractivity contribution in [2.45, 2.75) is 13.3 Å². The molecule has 0 radical (unpaired) electrons. The van der Waals surface area contributed by atoms with Crippen molar-refractivity contribution >= 4 is 37.5 Å². The van der Waals surface area contributed by atoms with E-state index in [9.17, 15) is 8.42 Å². The third-order valence-corrected chi connectivity index (χ3v) is 4.24. The molecule has 1 aromatic rings. The van der Waals surface area contributed by atoms with E-state index in [4.69, 9.17) is 10.9 Å². The molecule has 0 saturated heterocycles. The van der Waals surface area contributed by atoms with Gasteiger partial charge in [0, 0.05) is 10.0 Å². The summed E-state index contributed by atoms with van der Waals surface area (Å²) in [6.45, 7) is 1.79. The second-order valence-corrected chi connectivity index (χ2v) is 6.30. The number of benzene rings is 1. The lowest BCUT2D eigenvalue weighted by molar-refractivity contribution is 0.318. The fourth-order valence-corrected chi connectivity index (χ4v) is 3.06. The highest BCUT2D eigenvalue weighted by Gasteiger charge is 2.12. The quantitative estimate of drug-likeness (QED) is 0.329. The van der Waals surface area contributed by atoms with Crippen LogP contribution in [0.4, 0.5) is 5.69 Å². The van der Waals surface area contributed by atoms with Crippen molar-refractivity contribution < 1.29 is 13.6 Å². The average Bonchev–Trinajstić information content (AvgIpc) is 2.30. The van der Waals surface area contributed by atoms with Gasteiger partial charge < -0.3 is 10.9 Å². The van der Waals surface area contributed by atoms with Gasteiger partial charge >= 0.3 is 0 Å². The van der Waals surface area contributed by atoms with E-state index in [1.54, 1.807) is 25.1 Å². The maximum atomic E-state index is 11.6. The number of nitrogens with zero attached hydrogens (tertiary/aromatic N) is 1. The number of sulfonamides is 1. The molecule has 8 heteroatoms. The molecular formula is C10H14BrN3O3S. The number of nitrogens with one attached hydrogen (secondary N) is 1. The highest BCUT2D eigenvalue weighted by Crippen LogP contribution is 2.24. The second kappa shape index (κ2) is 6.05. The molecule has 0 unspecified atom stereocenters. The molecular weight excluding hydrogens is 322 g/mol. The van der Waals surface area contributed by atoms with Crippen LogP contribution in [0.1, 0.15) is 18.9 Å². The Hall–Kier alpha value is -1.28. The van der Waals surface area contributed by atoms with Crippen LogP contribution in [-0.2, 0) is 10.0 Å². The maximum absolute atomic E-state index is 11.6. The van der Waals surface area contributed by atoms with Crippen molar-refractivity contribution in [1.82, 2.24) is 0 Å². The molecule has 1 rings (SSSR count). The molecule has 0 aliphatic rings. The van der Waals surface area contributed by atoms with Crippen molar-refractivity contribution in [3.05, 3.63) is 28.2 Å². The van der Waals surface area contributed by atoms with Gasteiger partial charge in [-0.15, -0.1) is 0 Å². The molecule has 0 fully saturated rings. The lowest BCUT2D eigenvalue weighted by Gasteiger charge is -2.10. The molecule has 0 amide bonds. The predicted octanol–water partition coefficient (Wildman–Crippen LogP) is 1.70. The normalized spacial score (nSPS) is 12.4. The van der Waals surface area contributed by atoms with Crippen molar-refractivity contribution in [3.63, 3.8) is 0 Å². The highest BCUT2D eigenvalue weighted by atomic mass is 79.9. The molecule has 100 valence electrons. The minimum Gasteiger partial charge on any atom is -0.409 e. The molecule has 4 N–H and O–H groups in total. The Balaban J connectivity index is 3.00. The van der Waals surface area contributed by atoms with Gasteiger partial charge in [0.1, 0.15) is 0 Å². The summed E-state index contributed by atoms with van der Waals surface area (Å²) < 4.78 is 26.2. The van der Waals surface area contributed by atoms with E-state index < -0.39 is 10.0 Å². The van der Waals surface area contributed by atoms with E-state index in [0.29, 0.717) is 22.1 Å². The summed E-state index contributed by atoms with van der Waals surface area (Å²) in [6, 6.07) is 4.67. The zero-order valence-corrected chi connectivity index (χ0v) is 12.1. The summed E-state index contributed by atoms with van der Waals surface area (Å²) in [7, 11) is -3.34. The summed E-state index contributed by atoms with van der Waals surface area (Å²) >= 11 is 3.23. The minimum atomic E-state index is -3.34. The van der Waals surface area contributed by atoms with Crippen molar-refractivity contribution in [2.75, 3.05) is 10.5 Å². The largest absolute Gasteiger partial charge is 0.409 e. The fourth-order valence-electron chi connectivity index (χ4n) is 1.30. The van der Waals surface area contributed by atoms with Crippen LogP contribution in [0, 0.1) is 0 Å². The van der Waals surface area contributed by atoms with Crippen LogP contribution in [0.5, 0.6) is 0 Å². The van der Waals surface area contributed by atoms with Crippen molar-refractivity contribution in [1.29, 1.82) is 0 Å². The van der Waals surface area contributed by atoms with Crippen LogP contribution >= 0.6 is 15.9 Å². The molecule has 0 aromatic heterocycles. The van der Waals surface area contributed by atoms with E-state index >= 15 is 0 Å². The number of anilines is 1. The second-order valence-electron chi connectivity index (χ2n) is 3.60. The third-order valence-electron chi connectivity index (χ3n) is 2.11. The van der Waals surface area contributed by atoms with E-state index in [2.05, 4.69) is 25.8 Å². The van der Waals surface area contributed by atoms with Gasteiger partial charge in [-0.3, -0.25) is 4.72 Å². The number of rotatable bonds is 5. The van der Waals surface area contributed by atoms with E-state index in [-0.39, 0.29) is 11.6 Å². The van der Waals surface area contributed by atoms with Crippen LogP contribution in [-0.4, -0.2) is 25.2 Å². The number of amidine groups is 1. The van der Waals surface area contributed by atoms with Crippen LogP contribution in [0.25, 0.3) is 0 Å². The molecule has 0 saturated carbocycles. The van der Waals surface area contributed by atoms with Gasteiger partial charge in [0.15, 0.2) is 5.84 Å². The van der Waals surface area contributed by atoms with Gasteiger partial charge in [-0.25, -0.2) is 8.42 Å². The number of hydrogen-bond donors (Lipinski definition) is 3. The Morgan fingerprint density at radius 3 is 2.72 bits per heavy atom. The van der Waals surface area contributed by atoms with Crippen LogP contribution in [0.3, 0.4) is 0 Å². The molecule has 6 nitrogen and oxygen atoms in total. The average molecular weight is 336 g/mol. The first-order chi connectivity index (χ1) is 8.39. The smallest absolute Gasteiger partial charge is 0.232 e. The van der Waals surface area contributed by atoms with E-state index in [1.165, 1.54) is 0 Å². The zero-order valence-electron chi connectivity index (χ0n) is 9.72. The molecule has 0 heterocycles. The zero-order chi connectivity index (χ0) is 13.8. The topological polar surface area (TPSA) is 105 Å².